The Kier molecular flexibility index (Phi) is 5.18. The minimum Gasteiger partial charge on any atom is -0.493 e. The highest BCUT2D eigenvalue weighted by atomic mass is 35.5. The van der Waals surface area contributed by atoms with Crippen LogP contribution in [0.1, 0.15) is 6.42 Å². The van der Waals surface area contributed by atoms with E-state index in [0.29, 0.717) is 33.3 Å². The highest BCUT2D eigenvalue weighted by Crippen LogP contribution is 2.36. The van der Waals surface area contributed by atoms with Crippen molar-refractivity contribution in [3.63, 3.8) is 0 Å². The van der Waals surface area contributed by atoms with Crippen LogP contribution < -0.4 is 20.5 Å². The molecule has 3 aromatic rings. The van der Waals surface area contributed by atoms with Crippen molar-refractivity contribution in [3.8, 4) is 11.5 Å². The minimum absolute atomic E-state index is 0.0775. The molecule has 0 unspecified atom stereocenters. The first kappa shape index (κ1) is 17.9. The lowest BCUT2D eigenvalue weighted by Crippen LogP contribution is -2.20. The van der Waals surface area contributed by atoms with Gasteiger partial charge in [0.15, 0.2) is 17.1 Å². The topological polar surface area (TPSA) is 82.7 Å². The summed E-state index contributed by atoms with van der Waals surface area (Å²) in [5, 5.41) is 3.04. The van der Waals surface area contributed by atoms with Gasteiger partial charge >= 0.3 is 5.76 Å². The number of hydrogen-bond donors (Lipinski definition) is 1. The SMILES string of the molecule is COc1cc(Cl)c(NC(=O)CCn2c(=O)oc3ccccc32)cc1OC. The zero-order valence-corrected chi connectivity index (χ0v) is 15.0. The largest absolute Gasteiger partial charge is 0.493 e. The van der Waals surface area contributed by atoms with E-state index < -0.39 is 5.76 Å². The zero-order valence-electron chi connectivity index (χ0n) is 14.2. The van der Waals surface area contributed by atoms with E-state index >= 15 is 0 Å². The van der Waals surface area contributed by atoms with Gasteiger partial charge in [0.05, 0.1) is 30.4 Å². The standard InChI is InChI=1S/C18H17ClN2O5/c1-24-15-9-11(19)12(10-16(15)25-2)20-17(22)7-8-21-13-5-3-4-6-14(13)26-18(21)23/h3-6,9-10H,7-8H2,1-2H3,(H,20,22). The second-order valence-electron chi connectivity index (χ2n) is 5.47. The van der Waals surface area contributed by atoms with Crippen LogP contribution in [0.5, 0.6) is 11.5 Å². The molecule has 1 N–H and O–H groups in total. The monoisotopic (exact) mass is 376 g/mol. The first-order chi connectivity index (χ1) is 12.5. The molecule has 1 heterocycles. The summed E-state index contributed by atoms with van der Waals surface area (Å²) in [5.41, 5.74) is 1.54. The second kappa shape index (κ2) is 7.53. The quantitative estimate of drug-likeness (QED) is 0.713. The summed E-state index contributed by atoms with van der Waals surface area (Å²) in [6.07, 6.45) is 0.0775. The molecule has 1 aromatic heterocycles. The number of oxazole rings is 1. The van der Waals surface area contributed by atoms with Gasteiger partial charge in [-0.25, -0.2) is 4.79 Å². The maximum Gasteiger partial charge on any atom is 0.419 e. The number of halogens is 1. The predicted molar refractivity (Wildman–Crippen MR) is 98.3 cm³/mol. The fourth-order valence-electron chi connectivity index (χ4n) is 2.60. The van der Waals surface area contributed by atoms with E-state index in [9.17, 15) is 9.59 Å². The number of anilines is 1. The van der Waals surface area contributed by atoms with Crippen molar-refractivity contribution in [1.29, 1.82) is 0 Å². The summed E-state index contributed by atoms with van der Waals surface area (Å²) in [6, 6.07) is 10.2. The van der Waals surface area contributed by atoms with E-state index in [1.807, 2.05) is 0 Å². The molecule has 8 heteroatoms. The summed E-state index contributed by atoms with van der Waals surface area (Å²) in [5.74, 6) is 0.121. The zero-order chi connectivity index (χ0) is 18.7. The van der Waals surface area contributed by atoms with Gasteiger partial charge < -0.3 is 19.2 Å². The minimum atomic E-state index is -0.497. The Balaban J connectivity index is 1.73. The second-order valence-corrected chi connectivity index (χ2v) is 5.88. The number of aromatic nitrogens is 1. The van der Waals surface area contributed by atoms with Crippen molar-refractivity contribution in [2.45, 2.75) is 13.0 Å². The molecule has 0 saturated heterocycles. The maximum atomic E-state index is 12.3. The summed E-state index contributed by atoms with van der Waals surface area (Å²) >= 11 is 6.16. The molecule has 0 aliphatic carbocycles. The first-order valence-electron chi connectivity index (χ1n) is 7.83. The number of carbonyl (C=O) groups excluding carboxylic acids is 1. The summed E-state index contributed by atoms with van der Waals surface area (Å²) in [6.45, 7) is 0.187. The van der Waals surface area contributed by atoms with Crippen molar-refractivity contribution in [2.24, 2.45) is 0 Å². The predicted octanol–water partition coefficient (Wildman–Crippen LogP) is 3.29. The van der Waals surface area contributed by atoms with Gasteiger partial charge in [-0.3, -0.25) is 9.36 Å². The van der Waals surface area contributed by atoms with Crippen LogP contribution in [-0.4, -0.2) is 24.7 Å². The van der Waals surface area contributed by atoms with Crippen LogP contribution in [0.3, 0.4) is 0 Å². The van der Waals surface area contributed by atoms with Crippen molar-refractivity contribution >= 4 is 34.3 Å². The number of nitrogens with zero attached hydrogens (tertiary/aromatic N) is 1. The summed E-state index contributed by atoms with van der Waals surface area (Å²) < 4.78 is 16.9. The number of methoxy groups -OCH3 is 2. The fraction of sp³-hybridized carbons (Fsp3) is 0.222. The third-order valence-corrected chi connectivity index (χ3v) is 4.20. The number of rotatable bonds is 6. The van der Waals surface area contributed by atoms with E-state index in [1.54, 1.807) is 36.4 Å². The first-order valence-corrected chi connectivity index (χ1v) is 8.21. The van der Waals surface area contributed by atoms with Gasteiger partial charge in [0.25, 0.3) is 0 Å². The van der Waals surface area contributed by atoms with Crippen LogP contribution in [0.2, 0.25) is 5.02 Å². The van der Waals surface area contributed by atoms with Crippen LogP contribution in [0.25, 0.3) is 11.1 Å². The molecule has 7 nitrogen and oxygen atoms in total. The highest BCUT2D eigenvalue weighted by Gasteiger charge is 2.14. The molecule has 0 fully saturated rings. The van der Waals surface area contributed by atoms with E-state index in [-0.39, 0.29) is 18.9 Å². The molecule has 2 aromatic carbocycles. The molecular weight excluding hydrogens is 360 g/mol. The number of hydrogen-bond acceptors (Lipinski definition) is 5. The number of carbonyl (C=O) groups is 1. The van der Waals surface area contributed by atoms with Gasteiger partial charge in [-0.05, 0) is 12.1 Å². The number of amides is 1. The van der Waals surface area contributed by atoms with Crippen molar-refractivity contribution in [3.05, 3.63) is 52.0 Å². The highest BCUT2D eigenvalue weighted by molar-refractivity contribution is 6.34. The molecule has 0 bridgehead atoms. The summed E-state index contributed by atoms with van der Waals surface area (Å²) in [7, 11) is 2.99. The Morgan fingerprint density at radius 2 is 1.88 bits per heavy atom. The smallest absolute Gasteiger partial charge is 0.419 e. The number of benzene rings is 2. The molecule has 0 aliphatic heterocycles. The van der Waals surface area contributed by atoms with Crippen molar-refractivity contribution < 1.29 is 18.7 Å². The van der Waals surface area contributed by atoms with Crippen LogP contribution in [-0.2, 0) is 11.3 Å². The molecular formula is C18H17ClN2O5. The lowest BCUT2D eigenvalue weighted by atomic mass is 10.2. The Hall–Kier alpha value is -2.93. The van der Waals surface area contributed by atoms with Crippen LogP contribution in [0.15, 0.2) is 45.6 Å². The average Bonchev–Trinajstić information content (AvgIpc) is 2.96. The number of para-hydroxylation sites is 2. The van der Waals surface area contributed by atoms with E-state index in [0.717, 1.165) is 0 Å². The molecule has 0 saturated carbocycles. The number of ether oxygens (including phenoxy) is 2. The van der Waals surface area contributed by atoms with E-state index in [1.165, 1.54) is 18.8 Å². The van der Waals surface area contributed by atoms with Gasteiger partial charge in [-0.1, -0.05) is 23.7 Å². The van der Waals surface area contributed by atoms with Crippen LogP contribution in [0.4, 0.5) is 5.69 Å². The van der Waals surface area contributed by atoms with Gasteiger partial charge in [0.2, 0.25) is 5.91 Å². The Labute approximate surface area is 154 Å². The summed E-state index contributed by atoms with van der Waals surface area (Å²) in [4.78, 5) is 24.2. The van der Waals surface area contributed by atoms with Gasteiger partial charge in [-0.15, -0.1) is 0 Å². The average molecular weight is 377 g/mol. The third kappa shape index (κ3) is 3.52. The number of nitrogens with one attached hydrogen (secondary N) is 1. The lowest BCUT2D eigenvalue weighted by Gasteiger charge is -2.12. The number of fused-ring (bicyclic) bond motifs is 1. The normalized spacial score (nSPS) is 10.7. The van der Waals surface area contributed by atoms with Crippen LogP contribution in [0, 0.1) is 0 Å². The van der Waals surface area contributed by atoms with Crippen LogP contribution >= 0.6 is 11.6 Å². The van der Waals surface area contributed by atoms with Crippen molar-refractivity contribution in [2.75, 3.05) is 19.5 Å². The van der Waals surface area contributed by atoms with E-state index in [4.69, 9.17) is 25.5 Å². The lowest BCUT2D eigenvalue weighted by molar-refractivity contribution is -0.116. The molecule has 136 valence electrons. The third-order valence-electron chi connectivity index (χ3n) is 3.88. The molecule has 26 heavy (non-hydrogen) atoms. The van der Waals surface area contributed by atoms with E-state index in [2.05, 4.69) is 5.32 Å². The van der Waals surface area contributed by atoms with Gasteiger partial charge in [0, 0.05) is 25.1 Å². The molecule has 0 aliphatic rings. The molecule has 0 spiro atoms. The molecule has 0 radical (unpaired) electrons. The van der Waals surface area contributed by atoms with Gasteiger partial charge in [0.1, 0.15) is 0 Å². The molecule has 1 amide bonds. The fourth-order valence-corrected chi connectivity index (χ4v) is 2.80. The van der Waals surface area contributed by atoms with Crippen molar-refractivity contribution in [1.82, 2.24) is 4.57 Å². The molecule has 3 rings (SSSR count). The maximum absolute atomic E-state index is 12.3. The Morgan fingerprint density at radius 1 is 1.19 bits per heavy atom. The van der Waals surface area contributed by atoms with Gasteiger partial charge in [-0.2, -0.15) is 0 Å². The number of aryl methyl sites for hydroxylation is 1. The molecule has 0 atom stereocenters. The Bertz CT molecular complexity index is 1010. The Morgan fingerprint density at radius 3 is 2.62 bits per heavy atom.